The number of benzene rings is 1. The van der Waals surface area contributed by atoms with E-state index in [1.807, 2.05) is 34.6 Å². The minimum Gasteiger partial charge on any atom is -0.362 e. The van der Waals surface area contributed by atoms with Gasteiger partial charge in [-0.2, -0.15) is 0 Å². The molecule has 0 spiro atoms. The number of carbonyl (C=O) groups excluding carboxylic acids is 1. The molecule has 5 nitrogen and oxygen atoms in total. The van der Waals surface area contributed by atoms with Gasteiger partial charge in [0.15, 0.2) is 5.43 Å². The third-order valence-corrected chi connectivity index (χ3v) is 4.38. The topological polar surface area (TPSA) is 51.5 Å². The monoisotopic (exact) mass is 464 g/mol. The molecule has 0 aliphatic rings. The fourth-order valence-corrected chi connectivity index (χ4v) is 3.46. The number of hydroxylamine groups is 2. The van der Waals surface area contributed by atoms with Crippen molar-refractivity contribution in [2.45, 2.75) is 53.2 Å². The van der Waals surface area contributed by atoms with Gasteiger partial charge >= 0.3 is 5.97 Å². The van der Waals surface area contributed by atoms with Crippen molar-refractivity contribution < 1.29 is 9.63 Å². The normalized spacial score (nSPS) is 11.3. The molecule has 0 aliphatic heterocycles. The van der Waals surface area contributed by atoms with Gasteiger partial charge in [-0.25, -0.2) is 4.79 Å². The lowest BCUT2D eigenvalue weighted by atomic mass is 10.1. The van der Waals surface area contributed by atoms with E-state index in [2.05, 4.69) is 0 Å². The van der Waals surface area contributed by atoms with Crippen molar-refractivity contribution in [3.63, 3.8) is 0 Å². The lowest BCUT2D eigenvalue weighted by molar-refractivity contribution is -0.151. The smallest absolute Gasteiger partial charge is 0.362 e. The van der Waals surface area contributed by atoms with Crippen LogP contribution < -0.4 is 5.43 Å². The maximum atomic E-state index is 12.7. The van der Waals surface area contributed by atoms with Gasteiger partial charge in [-0.05, 0) is 46.8 Å². The molecule has 2 rings (SSSR count). The first-order chi connectivity index (χ1) is 11.7. The third kappa shape index (κ3) is 4.60. The van der Waals surface area contributed by atoms with Crippen molar-refractivity contribution >= 4 is 57.1 Å². The molecule has 0 aliphatic carbocycles. The van der Waals surface area contributed by atoms with Gasteiger partial charge in [0.2, 0.25) is 0 Å². The first-order valence-corrected chi connectivity index (χ1v) is 8.96. The number of aromatic nitrogens is 1. The highest BCUT2D eigenvalue weighted by Gasteiger charge is 2.23. The summed E-state index contributed by atoms with van der Waals surface area (Å²) in [6, 6.07) is 4.44. The van der Waals surface area contributed by atoms with Gasteiger partial charge in [-0.15, -0.1) is 22.0 Å². The summed E-state index contributed by atoms with van der Waals surface area (Å²) in [4.78, 5) is 30.8. The second-order valence-electron chi connectivity index (χ2n) is 6.35. The van der Waals surface area contributed by atoms with Crippen molar-refractivity contribution in [2.24, 2.45) is 0 Å². The van der Waals surface area contributed by atoms with Crippen LogP contribution in [0.15, 0.2) is 23.0 Å². The van der Waals surface area contributed by atoms with E-state index in [9.17, 15) is 9.59 Å². The standard InChI is InChI=1S/C18H22Cl2N2O3.BrH/c1-6-21-14-8-12(19)7-13(20)17(14)16(23)9-15(21)18(24)25-22(10(2)3)11(4)5;/h7-11H,6H2,1-5H3;1H. The molecule has 144 valence electrons. The molecule has 0 unspecified atom stereocenters. The van der Waals surface area contributed by atoms with Crippen LogP contribution in [0.25, 0.3) is 10.9 Å². The maximum Gasteiger partial charge on any atom is 0.373 e. The average Bonchev–Trinajstić information content (AvgIpc) is 2.50. The van der Waals surface area contributed by atoms with Gasteiger partial charge in [0.1, 0.15) is 5.69 Å². The van der Waals surface area contributed by atoms with E-state index in [1.54, 1.807) is 15.7 Å². The molecule has 1 aromatic heterocycles. The Hall–Kier alpha value is -1.08. The van der Waals surface area contributed by atoms with Crippen LogP contribution in [0.5, 0.6) is 0 Å². The van der Waals surface area contributed by atoms with Gasteiger partial charge in [0.05, 0.1) is 15.9 Å². The molecule has 0 bridgehead atoms. The summed E-state index contributed by atoms with van der Waals surface area (Å²) >= 11 is 12.3. The molecule has 1 heterocycles. The van der Waals surface area contributed by atoms with Crippen LogP contribution in [0.1, 0.15) is 45.1 Å². The second kappa shape index (κ2) is 9.22. The fraction of sp³-hybridized carbons (Fsp3) is 0.444. The van der Waals surface area contributed by atoms with Gasteiger partial charge in [-0.1, -0.05) is 23.2 Å². The molecule has 0 atom stereocenters. The molecule has 0 N–H and O–H groups in total. The van der Waals surface area contributed by atoms with Crippen molar-refractivity contribution in [2.75, 3.05) is 0 Å². The Bertz CT molecular complexity index is 858. The summed E-state index contributed by atoms with van der Waals surface area (Å²) in [5.74, 6) is -0.584. The highest BCUT2D eigenvalue weighted by atomic mass is 79.9. The van der Waals surface area contributed by atoms with Crippen molar-refractivity contribution in [1.29, 1.82) is 0 Å². The number of rotatable bonds is 5. The molecule has 0 fully saturated rings. The Morgan fingerprint density at radius 1 is 1.15 bits per heavy atom. The van der Waals surface area contributed by atoms with Crippen molar-refractivity contribution in [3.05, 3.63) is 44.2 Å². The highest BCUT2D eigenvalue weighted by molar-refractivity contribution is 8.93. The lowest BCUT2D eigenvalue weighted by Gasteiger charge is -2.28. The van der Waals surface area contributed by atoms with Crippen LogP contribution in [-0.4, -0.2) is 27.7 Å². The third-order valence-electron chi connectivity index (χ3n) is 3.86. The number of nitrogens with zero attached hydrogens (tertiary/aromatic N) is 2. The van der Waals surface area contributed by atoms with Crippen LogP contribution in [0.3, 0.4) is 0 Å². The SMILES string of the molecule is Br.CCn1c(C(=O)ON(C(C)C)C(C)C)cc(=O)c2c(Cl)cc(Cl)cc21. The van der Waals surface area contributed by atoms with Gasteiger partial charge in [0.25, 0.3) is 0 Å². The zero-order chi connectivity index (χ0) is 18.9. The van der Waals surface area contributed by atoms with Crippen LogP contribution in [-0.2, 0) is 11.4 Å². The Kier molecular flexibility index (Phi) is 8.14. The molecule has 0 saturated heterocycles. The predicted molar refractivity (Wildman–Crippen MR) is 112 cm³/mol. The molecule has 0 radical (unpaired) electrons. The minimum absolute atomic E-state index is 0. The Balaban J connectivity index is 0.00000338. The summed E-state index contributed by atoms with van der Waals surface area (Å²) in [6.07, 6.45) is 0. The molecule has 8 heteroatoms. The quantitative estimate of drug-likeness (QED) is 0.576. The molecular formula is C18H23BrCl2N2O3. The van der Waals surface area contributed by atoms with E-state index in [1.165, 1.54) is 12.1 Å². The zero-order valence-electron chi connectivity index (χ0n) is 15.4. The summed E-state index contributed by atoms with van der Waals surface area (Å²) in [7, 11) is 0. The maximum absolute atomic E-state index is 12.7. The molecular weight excluding hydrogens is 443 g/mol. The molecule has 0 saturated carbocycles. The average molecular weight is 466 g/mol. The van der Waals surface area contributed by atoms with Crippen molar-refractivity contribution in [1.82, 2.24) is 9.63 Å². The van der Waals surface area contributed by atoms with Gasteiger partial charge in [0, 0.05) is 29.7 Å². The first-order valence-electron chi connectivity index (χ1n) is 8.20. The fourth-order valence-electron chi connectivity index (χ4n) is 2.88. The number of pyridine rings is 1. The molecule has 26 heavy (non-hydrogen) atoms. The molecule has 2 aromatic rings. The first kappa shape index (κ1) is 23.0. The largest absolute Gasteiger partial charge is 0.373 e. The highest BCUT2D eigenvalue weighted by Crippen LogP contribution is 2.26. The number of aryl methyl sites for hydroxylation is 1. The van der Waals surface area contributed by atoms with Crippen molar-refractivity contribution in [3.8, 4) is 0 Å². The summed E-state index contributed by atoms with van der Waals surface area (Å²) in [5, 5.41) is 2.60. The number of hydrogen-bond donors (Lipinski definition) is 0. The second-order valence-corrected chi connectivity index (χ2v) is 7.19. The Morgan fingerprint density at radius 3 is 2.23 bits per heavy atom. The van der Waals surface area contributed by atoms with E-state index in [0.717, 1.165) is 0 Å². The van der Waals surface area contributed by atoms with Crippen LogP contribution in [0.4, 0.5) is 0 Å². The van der Waals surface area contributed by atoms with E-state index in [-0.39, 0.29) is 45.2 Å². The van der Waals surface area contributed by atoms with Crippen LogP contribution in [0, 0.1) is 0 Å². The zero-order valence-corrected chi connectivity index (χ0v) is 18.6. The number of halogens is 3. The van der Waals surface area contributed by atoms with Gasteiger partial charge in [-0.3, -0.25) is 4.79 Å². The van der Waals surface area contributed by atoms with Gasteiger partial charge < -0.3 is 9.40 Å². The molecule has 1 aromatic carbocycles. The summed E-state index contributed by atoms with van der Waals surface area (Å²) < 4.78 is 1.69. The number of fused-ring (bicyclic) bond motifs is 1. The summed E-state index contributed by atoms with van der Waals surface area (Å²) in [5.41, 5.74) is 0.346. The van der Waals surface area contributed by atoms with Crippen LogP contribution >= 0.6 is 40.2 Å². The Morgan fingerprint density at radius 2 is 1.73 bits per heavy atom. The van der Waals surface area contributed by atoms with E-state index < -0.39 is 5.97 Å². The van der Waals surface area contributed by atoms with Crippen LogP contribution in [0.2, 0.25) is 10.0 Å². The van der Waals surface area contributed by atoms with E-state index in [4.69, 9.17) is 28.0 Å². The lowest BCUT2D eigenvalue weighted by Crippen LogP contribution is -2.39. The van der Waals surface area contributed by atoms with E-state index >= 15 is 0 Å². The predicted octanol–water partition coefficient (Wildman–Crippen LogP) is 5.10. The Labute approximate surface area is 173 Å². The number of hydrogen-bond acceptors (Lipinski definition) is 4. The van der Waals surface area contributed by atoms with E-state index in [0.29, 0.717) is 22.5 Å². The summed E-state index contributed by atoms with van der Waals surface area (Å²) in [6.45, 7) is 10.1. The molecule has 0 amide bonds. The minimum atomic E-state index is -0.584. The number of carbonyl (C=O) groups is 1.